The van der Waals surface area contributed by atoms with Gasteiger partial charge in [0.05, 0.1) is 10.6 Å². The number of anilines is 1. The van der Waals surface area contributed by atoms with Crippen molar-refractivity contribution >= 4 is 46.4 Å². The summed E-state index contributed by atoms with van der Waals surface area (Å²) in [4.78, 5) is 4.63. The lowest BCUT2D eigenvalue weighted by Gasteiger charge is -2.12. The van der Waals surface area contributed by atoms with E-state index in [-0.39, 0.29) is 11.4 Å². The molecule has 2 heterocycles. The van der Waals surface area contributed by atoms with Gasteiger partial charge < -0.3 is 5.32 Å². The number of aromatic nitrogens is 3. The summed E-state index contributed by atoms with van der Waals surface area (Å²) in [6, 6.07) is 14.0. The number of nitrogens with one attached hydrogen (secondary N) is 2. The highest BCUT2D eigenvalue weighted by atomic mass is 35.5. The van der Waals surface area contributed by atoms with Gasteiger partial charge >= 0.3 is 0 Å². The largest absolute Gasteiger partial charge is 0.370 e. The van der Waals surface area contributed by atoms with E-state index in [9.17, 15) is 12.8 Å². The van der Waals surface area contributed by atoms with Crippen molar-refractivity contribution in [1.82, 2.24) is 19.3 Å². The third kappa shape index (κ3) is 5.35. The van der Waals surface area contributed by atoms with Gasteiger partial charge in [-0.05, 0) is 48.6 Å². The Morgan fingerprint density at radius 2 is 1.79 bits per heavy atom. The van der Waals surface area contributed by atoms with E-state index >= 15 is 0 Å². The molecule has 4 aromatic rings. The summed E-state index contributed by atoms with van der Waals surface area (Å²) in [6.07, 6.45) is 2.82. The number of fused-ring (bicyclic) bond motifs is 1. The molecule has 11 heteroatoms. The van der Waals surface area contributed by atoms with E-state index in [4.69, 9.17) is 19.4 Å². The summed E-state index contributed by atoms with van der Waals surface area (Å²) in [5.41, 5.74) is 2.40. The molecular weight excluding hydrogens is 464 g/mol. The average Bonchev–Trinajstić information content (AvgIpc) is 3.17. The van der Waals surface area contributed by atoms with Gasteiger partial charge in [-0.25, -0.2) is 22.5 Å². The van der Waals surface area contributed by atoms with Crippen molar-refractivity contribution in [2.75, 3.05) is 18.4 Å². The van der Waals surface area contributed by atoms with Crippen LogP contribution in [0.3, 0.4) is 0 Å². The van der Waals surface area contributed by atoms with Gasteiger partial charge in [-0.15, -0.1) is 0 Å². The van der Waals surface area contributed by atoms with E-state index in [1.165, 1.54) is 18.3 Å². The molecule has 0 fully saturated rings. The topological polar surface area (TPSA) is 88.4 Å². The Labute approximate surface area is 197 Å². The highest BCUT2D eigenvalue weighted by molar-refractivity contribution is 7.89. The molecule has 0 aliphatic rings. The molecule has 0 saturated carbocycles. The lowest BCUT2D eigenvalue weighted by atomic mass is 10.0. The van der Waals surface area contributed by atoms with Crippen molar-refractivity contribution < 1.29 is 12.8 Å². The molecule has 0 aliphatic heterocycles. The number of nitrogens with zero attached hydrogens (tertiary/aromatic N) is 3. The maximum Gasteiger partial charge on any atom is 0.240 e. The number of rotatable bonds is 9. The van der Waals surface area contributed by atoms with Crippen molar-refractivity contribution in [3.63, 3.8) is 0 Å². The van der Waals surface area contributed by atoms with E-state index in [1.54, 1.807) is 10.6 Å². The van der Waals surface area contributed by atoms with Crippen molar-refractivity contribution in [2.45, 2.75) is 17.7 Å². The van der Waals surface area contributed by atoms with E-state index in [1.807, 2.05) is 24.3 Å². The molecule has 0 aliphatic carbocycles. The molecule has 4 rings (SSSR count). The van der Waals surface area contributed by atoms with Gasteiger partial charge in [-0.2, -0.15) is 9.61 Å². The molecule has 0 bridgehead atoms. The van der Waals surface area contributed by atoms with Crippen LogP contribution < -0.4 is 15.5 Å². The van der Waals surface area contributed by atoms with Crippen LogP contribution in [0, 0.1) is 5.82 Å². The molecule has 7 nitrogen and oxygen atoms in total. The summed E-state index contributed by atoms with van der Waals surface area (Å²) in [7, 11) is 2.36. The third-order valence-corrected chi connectivity index (χ3v) is 6.78. The first kappa shape index (κ1) is 23.2. The lowest BCUT2D eigenvalue weighted by Crippen LogP contribution is -2.25. The fraction of sp³-hybridized carbons (Fsp3) is 0.182. The van der Waals surface area contributed by atoms with Crippen LogP contribution in [-0.4, -0.2) is 44.0 Å². The SMILES string of the molecule is [B]c1cnn2c(NCCCCNS(=O)(=O)c3ccc(F)cc3)cc(-c3ccccc3Cl)nc12. The Bertz CT molecular complexity index is 1380. The normalized spacial score (nSPS) is 11.7. The van der Waals surface area contributed by atoms with E-state index < -0.39 is 15.8 Å². The van der Waals surface area contributed by atoms with Crippen LogP contribution in [0.25, 0.3) is 16.9 Å². The fourth-order valence-electron chi connectivity index (χ4n) is 3.28. The monoisotopic (exact) mass is 483 g/mol. The third-order valence-electron chi connectivity index (χ3n) is 4.97. The van der Waals surface area contributed by atoms with Crippen molar-refractivity contribution in [3.05, 3.63) is 71.6 Å². The van der Waals surface area contributed by atoms with Gasteiger partial charge in [-0.3, -0.25) is 0 Å². The minimum atomic E-state index is -3.67. The highest BCUT2D eigenvalue weighted by Crippen LogP contribution is 2.28. The molecule has 2 radical (unpaired) electrons. The van der Waals surface area contributed by atoms with E-state index in [0.717, 1.165) is 17.7 Å². The van der Waals surface area contributed by atoms with Gasteiger partial charge in [0.2, 0.25) is 10.0 Å². The second-order valence-corrected chi connectivity index (χ2v) is 9.50. The molecule has 0 atom stereocenters. The number of benzene rings is 2. The Balaban J connectivity index is 1.38. The molecular formula is C22H20BClFN5O2S. The maximum absolute atomic E-state index is 13.0. The molecule has 0 saturated heterocycles. The minimum absolute atomic E-state index is 0.0320. The second kappa shape index (κ2) is 9.90. The predicted octanol–water partition coefficient (Wildman–Crippen LogP) is 3.15. The zero-order valence-electron chi connectivity index (χ0n) is 17.5. The highest BCUT2D eigenvalue weighted by Gasteiger charge is 2.14. The number of hydrogen-bond donors (Lipinski definition) is 2. The van der Waals surface area contributed by atoms with Gasteiger partial charge in [0.1, 0.15) is 19.5 Å². The first-order valence-corrected chi connectivity index (χ1v) is 12.1. The van der Waals surface area contributed by atoms with Crippen LogP contribution >= 0.6 is 11.6 Å². The second-order valence-electron chi connectivity index (χ2n) is 7.33. The summed E-state index contributed by atoms with van der Waals surface area (Å²) in [5, 5.41) is 8.16. The van der Waals surface area contributed by atoms with Crippen LogP contribution in [0.5, 0.6) is 0 Å². The molecule has 2 N–H and O–H groups in total. The number of hydrogen-bond acceptors (Lipinski definition) is 5. The molecule has 33 heavy (non-hydrogen) atoms. The van der Waals surface area contributed by atoms with Crippen molar-refractivity contribution in [3.8, 4) is 11.3 Å². The number of halogens is 2. The molecule has 2 aromatic carbocycles. The zero-order valence-corrected chi connectivity index (χ0v) is 19.1. The van der Waals surface area contributed by atoms with Gasteiger partial charge in [0.25, 0.3) is 0 Å². The summed E-state index contributed by atoms with van der Waals surface area (Å²) < 4.78 is 41.7. The standard InChI is InChI=1S/C22H20BClFN5O2S/c23-18-14-27-30-21(13-20(29-22(18)30)17-5-1-2-6-19(17)24)26-11-3-4-12-28-33(31,32)16-9-7-15(25)8-10-16/h1-2,5-10,13-14,26,28H,3-4,11-12H2. The first-order chi connectivity index (χ1) is 15.8. The molecule has 2 aromatic heterocycles. The predicted molar refractivity (Wildman–Crippen MR) is 128 cm³/mol. The Morgan fingerprint density at radius 1 is 1.06 bits per heavy atom. The molecule has 168 valence electrons. The smallest absolute Gasteiger partial charge is 0.240 e. The van der Waals surface area contributed by atoms with Crippen molar-refractivity contribution in [2.24, 2.45) is 0 Å². The van der Waals surface area contributed by atoms with Crippen LogP contribution in [0.4, 0.5) is 10.2 Å². The summed E-state index contributed by atoms with van der Waals surface area (Å²) in [6.45, 7) is 0.825. The summed E-state index contributed by atoms with van der Waals surface area (Å²) in [5.74, 6) is 0.209. The summed E-state index contributed by atoms with van der Waals surface area (Å²) >= 11 is 6.34. The van der Waals surface area contributed by atoms with E-state index in [2.05, 4.69) is 20.1 Å². The van der Waals surface area contributed by atoms with Crippen LogP contribution in [0.1, 0.15) is 12.8 Å². The first-order valence-electron chi connectivity index (χ1n) is 10.2. The van der Waals surface area contributed by atoms with Gasteiger partial charge in [-0.1, -0.05) is 29.8 Å². The van der Waals surface area contributed by atoms with Crippen LogP contribution in [0.15, 0.2) is 65.7 Å². The lowest BCUT2D eigenvalue weighted by molar-refractivity contribution is 0.576. The molecule has 0 spiro atoms. The zero-order chi connectivity index (χ0) is 23.4. The Kier molecular flexibility index (Phi) is 6.97. The number of sulfonamides is 1. The minimum Gasteiger partial charge on any atom is -0.370 e. The Hall–Kier alpha value is -2.95. The van der Waals surface area contributed by atoms with Gasteiger partial charge in [0, 0.05) is 35.9 Å². The van der Waals surface area contributed by atoms with Crippen molar-refractivity contribution in [1.29, 1.82) is 0 Å². The van der Waals surface area contributed by atoms with Crippen LogP contribution in [-0.2, 0) is 10.0 Å². The van der Waals surface area contributed by atoms with Gasteiger partial charge in [0.15, 0.2) is 5.65 Å². The number of unbranched alkanes of at least 4 members (excludes halogenated alkanes) is 1. The average molecular weight is 484 g/mol. The quantitative estimate of drug-likeness (QED) is 0.282. The van der Waals surface area contributed by atoms with Crippen LogP contribution in [0.2, 0.25) is 5.02 Å². The molecule has 0 unspecified atom stereocenters. The molecule has 0 amide bonds. The maximum atomic E-state index is 13.0. The fourth-order valence-corrected chi connectivity index (χ4v) is 4.59. The Morgan fingerprint density at radius 3 is 2.55 bits per heavy atom. The van der Waals surface area contributed by atoms with E-state index in [0.29, 0.717) is 47.0 Å².